The molecule has 0 unspecified atom stereocenters. The molecule has 0 spiro atoms. The first-order chi connectivity index (χ1) is 15.1. The number of carbonyl (C=O) groups is 3. The fraction of sp³-hybridized carbons (Fsp3) is 0.125. The molecule has 0 fully saturated rings. The number of aromatic hydroxyl groups is 4. The molecule has 8 nitrogen and oxygen atoms in total. The lowest BCUT2D eigenvalue weighted by atomic mass is 9.77. The quantitative estimate of drug-likeness (QED) is 0.359. The van der Waals surface area contributed by atoms with E-state index in [0.717, 1.165) is 6.07 Å². The number of carbonyl (C=O) groups excluding carboxylic acids is 3. The van der Waals surface area contributed by atoms with Gasteiger partial charge in [0.25, 0.3) is 0 Å². The summed E-state index contributed by atoms with van der Waals surface area (Å²) >= 11 is 0. The van der Waals surface area contributed by atoms with Crippen molar-refractivity contribution in [2.45, 2.75) is 13.8 Å². The number of fused-ring (bicyclic) bond motifs is 2. The molecule has 3 aromatic rings. The van der Waals surface area contributed by atoms with E-state index in [-0.39, 0.29) is 44.7 Å². The summed E-state index contributed by atoms with van der Waals surface area (Å²) < 4.78 is 5.34. The summed E-state index contributed by atoms with van der Waals surface area (Å²) in [6, 6.07) is 6.23. The molecule has 0 aromatic heterocycles. The van der Waals surface area contributed by atoms with Gasteiger partial charge in [0.15, 0.2) is 11.6 Å². The molecule has 4 N–H and O–H groups in total. The van der Waals surface area contributed by atoms with Gasteiger partial charge in [0.1, 0.15) is 34.3 Å². The first-order valence-corrected chi connectivity index (χ1v) is 9.52. The number of ether oxygens (including phenoxy) is 1. The van der Waals surface area contributed by atoms with Crippen LogP contribution in [0, 0.1) is 6.92 Å². The van der Waals surface area contributed by atoms with Gasteiger partial charge in [-0.1, -0.05) is 12.1 Å². The number of hydrogen-bond donors (Lipinski definition) is 4. The number of rotatable bonds is 3. The molecule has 0 saturated carbocycles. The monoisotopic (exact) mass is 434 g/mol. The average molecular weight is 434 g/mol. The zero-order valence-corrected chi connectivity index (χ0v) is 17.3. The Labute approximate surface area is 182 Å². The van der Waals surface area contributed by atoms with Crippen molar-refractivity contribution in [2.24, 2.45) is 0 Å². The van der Waals surface area contributed by atoms with Crippen LogP contribution in [-0.2, 0) is 0 Å². The van der Waals surface area contributed by atoms with Gasteiger partial charge in [-0.15, -0.1) is 0 Å². The molecule has 4 rings (SSSR count). The maximum absolute atomic E-state index is 13.5. The molecule has 1 aliphatic carbocycles. The lowest BCUT2D eigenvalue weighted by Crippen LogP contribution is -2.23. The molecule has 0 radical (unpaired) electrons. The SMILES string of the molecule is COc1c(C(C)=O)c(O)cc(O)c1-c1c(C)cc(O)c2c1C(=O)c1cccc(O)c1C2=O. The van der Waals surface area contributed by atoms with Crippen LogP contribution in [0.5, 0.6) is 28.7 Å². The van der Waals surface area contributed by atoms with Crippen molar-refractivity contribution in [1.82, 2.24) is 0 Å². The number of hydrogen-bond acceptors (Lipinski definition) is 8. The van der Waals surface area contributed by atoms with E-state index in [1.165, 1.54) is 38.3 Å². The Morgan fingerprint density at radius 3 is 2.06 bits per heavy atom. The van der Waals surface area contributed by atoms with Gasteiger partial charge < -0.3 is 25.2 Å². The van der Waals surface area contributed by atoms with Crippen molar-refractivity contribution in [3.63, 3.8) is 0 Å². The van der Waals surface area contributed by atoms with E-state index in [9.17, 15) is 34.8 Å². The molecule has 0 bridgehead atoms. The van der Waals surface area contributed by atoms with E-state index in [1.807, 2.05) is 0 Å². The van der Waals surface area contributed by atoms with Gasteiger partial charge in [-0.3, -0.25) is 14.4 Å². The standard InChI is InChI=1S/C24H18O8/c1-9-7-13(27)19-21(22(30)11-5-4-6-12(26)18(11)23(19)31)16(9)20-15(29)8-14(28)17(10(2)25)24(20)32-3/h4-8,26-29H,1-3H3. The van der Waals surface area contributed by atoms with E-state index in [1.54, 1.807) is 6.92 Å². The van der Waals surface area contributed by atoms with Crippen molar-refractivity contribution in [1.29, 1.82) is 0 Å². The van der Waals surface area contributed by atoms with Crippen molar-refractivity contribution in [3.8, 4) is 39.9 Å². The molecule has 1 aliphatic rings. The van der Waals surface area contributed by atoms with Gasteiger partial charge in [-0.25, -0.2) is 0 Å². The van der Waals surface area contributed by atoms with Gasteiger partial charge in [-0.2, -0.15) is 0 Å². The minimum Gasteiger partial charge on any atom is -0.507 e. The van der Waals surface area contributed by atoms with Gasteiger partial charge in [-0.05, 0) is 31.5 Å². The van der Waals surface area contributed by atoms with E-state index < -0.39 is 40.3 Å². The van der Waals surface area contributed by atoms with Crippen LogP contribution in [0.25, 0.3) is 11.1 Å². The highest BCUT2D eigenvalue weighted by atomic mass is 16.5. The molecule has 0 amide bonds. The molecule has 162 valence electrons. The highest BCUT2D eigenvalue weighted by Crippen LogP contribution is 2.50. The number of Topliss-reactive ketones (excluding diaryl/α,β-unsaturated/α-hetero) is 1. The van der Waals surface area contributed by atoms with Crippen molar-refractivity contribution in [2.75, 3.05) is 7.11 Å². The zero-order valence-electron chi connectivity index (χ0n) is 17.3. The van der Waals surface area contributed by atoms with Crippen LogP contribution in [-0.4, -0.2) is 44.9 Å². The first kappa shape index (κ1) is 20.9. The number of methoxy groups -OCH3 is 1. The Kier molecular flexibility index (Phi) is 4.66. The number of benzene rings is 3. The summed E-state index contributed by atoms with van der Waals surface area (Å²) in [7, 11) is 1.23. The summed E-state index contributed by atoms with van der Waals surface area (Å²) in [4.78, 5) is 38.9. The Bertz CT molecular complexity index is 1370. The fourth-order valence-electron chi connectivity index (χ4n) is 4.22. The number of phenols is 4. The topological polar surface area (TPSA) is 141 Å². The normalized spacial score (nSPS) is 12.3. The second-order valence-corrected chi connectivity index (χ2v) is 7.45. The van der Waals surface area contributed by atoms with Crippen molar-refractivity contribution < 1.29 is 39.5 Å². The van der Waals surface area contributed by atoms with Crippen LogP contribution in [0.3, 0.4) is 0 Å². The Hall–Kier alpha value is -4.33. The molecule has 0 aliphatic heterocycles. The summed E-state index contributed by atoms with van der Waals surface area (Å²) in [5.41, 5.74) is -0.799. The van der Waals surface area contributed by atoms with E-state index in [4.69, 9.17) is 4.74 Å². The van der Waals surface area contributed by atoms with Crippen LogP contribution in [0.15, 0.2) is 30.3 Å². The largest absolute Gasteiger partial charge is 0.507 e. The first-order valence-electron chi connectivity index (χ1n) is 9.52. The van der Waals surface area contributed by atoms with E-state index >= 15 is 0 Å². The smallest absolute Gasteiger partial charge is 0.201 e. The number of aryl methyl sites for hydroxylation is 1. The minimum atomic E-state index is -0.768. The molecule has 8 heteroatoms. The van der Waals surface area contributed by atoms with Gasteiger partial charge in [0.05, 0.1) is 23.8 Å². The molecule has 0 heterocycles. The van der Waals surface area contributed by atoms with Crippen molar-refractivity contribution in [3.05, 3.63) is 63.7 Å². The molecule has 32 heavy (non-hydrogen) atoms. The third-order valence-corrected chi connectivity index (χ3v) is 5.52. The predicted molar refractivity (Wildman–Crippen MR) is 113 cm³/mol. The second kappa shape index (κ2) is 7.12. The summed E-state index contributed by atoms with van der Waals surface area (Å²) in [6.07, 6.45) is 0. The van der Waals surface area contributed by atoms with E-state index in [2.05, 4.69) is 0 Å². The minimum absolute atomic E-state index is 0.0574. The number of ketones is 3. The van der Waals surface area contributed by atoms with Crippen LogP contribution in [0.4, 0.5) is 0 Å². The lowest BCUT2D eigenvalue weighted by Gasteiger charge is -2.25. The predicted octanol–water partition coefficient (Wildman–Crippen LogP) is 3.47. The van der Waals surface area contributed by atoms with Gasteiger partial charge >= 0.3 is 0 Å². The van der Waals surface area contributed by atoms with Crippen LogP contribution in [0.1, 0.15) is 54.7 Å². The third kappa shape index (κ3) is 2.73. The lowest BCUT2D eigenvalue weighted by molar-refractivity contribution is 0.0974. The fourth-order valence-corrected chi connectivity index (χ4v) is 4.22. The molecule has 3 aromatic carbocycles. The van der Waals surface area contributed by atoms with Crippen LogP contribution in [0.2, 0.25) is 0 Å². The Balaban J connectivity index is 2.19. The second-order valence-electron chi connectivity index (χ2n) is 7.45. The molecule has 0 saturated heterocycles. The van der Waals surface area contributed by atoms with Gasteiger partial charge in [0, 0.05) is 22.8 Å². The zero-order chi connectivity index (χ0) is 23.5. The van der Waals surface area contributed by atoms with Gasteiger partial charge in [0.2, 0.25) is 5.78 Å². The third-order valence-electron chi connectivity index (χ3n) is 5.52. The maximum atomic E-state index is 13.5. The Morgan fingerprint density at radius 2 is 1.44 bits per heavy atom. The highest BCUT2D eigenvalue weighted by molar-refractivity contribution is 6.32. The maximum Gasteiger partial charge on any atom is 0.201 e. The average Bonchev–Trinajstić information content (AvgIpc) is 2.71. The molecular weight excluding hydrogens is 416 g/mol. The summed E-state index contributed by atoms with van der Waals surface area (Å²) in [5, 5.41) is 41.6. The Morgan fingerprint density at radius 1 is 0.781 bits per heavy atom. The molecular formula is C24H18O8. The van der Waals surface area contributed by atoms with Crippen LogP contribution < -0.4 is 4.74 Å². The molecule has 0 atom stereocenters. The highest BCUT2D eigenvalue weighted by Gasteiger charge is 2.38. The van der Waals surface area contributed by atoms with Crippen LogP contribution >= 0.6 is 0 Å². The van der Waals surface area contributed by atoms with Crippen molar-refractivity contribution >= 4 is 17.3 Å². The number of phenolic OH excluding ortho intramolecular Hbond substituents is 4. The summed E-state index contributed by atoms with van der Waals surface area (Å²) in [5.74, 6) is -4.07. The van der Waals surface area contributed by atoms with E-state index in [0.29, 0.717) is 5.56 Å². The summed E-state index contributed by atoms with van der Waals surface area (Å²) in [6.45, 7) is 2.75.